The van der Waals surface area contributed by atoms with Crippen molar-refractivity contribution in [2.24, 2.45) is 5.92 Å². The van der Waals surface area contributed by atoms with Gasteiger partial charge < -0.3 is 18.9 Å². The third kappa shape index (κ3) is 3.85. The van der Waals surface area contributed by atoms with Crippen molar-refractivity contribution in [3.05, 3.63) is 0 Å². The molecule has 0 spiro atoms. The zero-order valence-electron chi connectivity index (χ0n) is 15.6. The molecule has 0 radical (unpaired) electrons. The smallest absolute Gasteiger partial charge is 0.444 e. The van der Waals surface area contributed by atoms with E-state index in [2.05, 4.69) is 0 Å². The number of carbonyl (C=O) groups excluding carboxylic acids is 1. The number of ether oxygens (including phenoxy) is 1. The second kappa shape index (κ2) is 6.13. The monoisotopic (exact) mass is 347 g/mol. The van der Waals surface area contributed by atoms with Gasteiger partial charge in [0.1, 0.15) is 5.60 Å². The van der Waals surface area contributed by atoms with Gasteiger partial charge in [0.15, 0.2) is 0 Å². The van der Waals surface area contributed by atoms with Gasteiger partial charge in [-0.2, -0.15) is 0 Å². The minimum Gasteiger partial charge on any atom is -0.444 e. The van der Waals surface area contributed by atoms with Crippen molar-refractivity contribution in [1.29, 1.82) is 0 Å². The van der Waals surface area contributed by atoms with E-state index in [-0.39, 0.29) is 13.1 Å². The molecule has 8 heteroatoms. The van der Waals surface area contributed by atoms with Crippen LogP contribution in [0, 0.1) is 5.92 Å². The Hall–Kier alpha value is -0.885. The van der Waals surface area contributed by atoms with E-state index in [9.17, 15) is 13.6 Å². The van der Waals surface area contributed by atoms with E-state index in [1.807, 2.05) is 27.7 Å². The van der Waals surface area contributed by atoms with Gasteiger partial charge in [0.2, 0.25) is 6.43 Å². The van der Waals surface area contributed by atoms with Gasteiger partial charge in [-0.15, -0.1) is 0 Å². The van der Waals surface area contributed by atoms with Crippen LogP contribution in [-0.2, 0) is 14.0 Å². The van der Waals surface area contributed by atoms with Crippen LogP contribution < -0.4 is 0 Å². The SMILES string of the molecule is CC(C)(C)OC(=O)N1CC(B2OC(C)(C)C(C)(C)O2)C(C(F)F)C1. The Morgan fingerprint density at radius 3 is 2.08 bits per heavy atom. The van der Waals surface area contributed by atoms with Gasteiger partial charge in [-0.1, -0.05) is 0 Å². The molecule has 2 heterocycles. The molecule has 24 heavy (non-hydrogen) atoms. The normalized spacial score (nSPS) is 29.4. The fourth-order valence-electron chi connectivity index (χ4n) is 2.95. The number of amides is 1. The van der Waals surface area contributed by atoms with Crippen LogP contribution in [0.25, 0.3) is 0 Å². The zero-order chi connectivity index (χ0) is 18.5. The fourth-order valence-corrected chi connectivity index (χ4v) is 2.95. The van der Waals surface area contributed by atoms with Gasteiger partial charge in [0, 0.05) is 24.8 Å². The number of nitrogens with zero attached hydrogens (tertiary/aromatic N) is 1. The maximum absolute atomic E-state index is 13.5. The summed E-state index contributed by atoms with van der Waals surface area (Å²) >= 11 is 0. The molecular weight excluding hydrogens is 319 g/mol. The topological polar surface area (TPSA) is 48.0 Å². The molecule has 2 fully saturated rings. The first-order chi connectivity index (χ1) is 10.7. The van der Waals surface area contributed by atoms with E-state index in [1.165, 1.54) is 4.90 Å². The van der Waals surface area contributed by atoms with Gasteiger partial charge in [-0.3, -0.25) is 0 Å². The van der Waals surface area contributed by atoms with Crippen LogP contribution in [0.4, 0.5) is 13.6 Å². The molecule has 0 aromatic heterocycles. The molecule has 5 nitrogen and oxygen atoms in total. The third-order valence-electron chi connectivity index (χ3n) is 5.01. The molecule has 0 aromatic rings. The predicted molar refractivity (Wildman–Crippen MR) is 87.1 cm³/mol. The summed E-state index contributed by atoms with van der Waals surface area (Å²) in [5, 5.41) is 0. The summed E-state index contributed by atoms with van der Waals surface area (Å²) in [6.45, 7) is 12.8. The molecule has 2 aliphatic heterocycles. The maximum atomic E-state index is 13.5. The van der Waals surface area contributed by atoms with Crippen molar-refractivity contribution in [3.63, 3.8) is 0 Å². The highest BCUT2D eigenvalue weighted by atomic mass is 19.3. The number of rotatable bonds is 2. The Labute approximate surface area is 143 Å². The molecule has 0 bridgehead atoms. The highest BCUT2D eigenvalue weighted by Gasteiger charge is 2.58. The lowest BCUT2D eigenvalue weighted by molar-refractivity contribution is 0.00578. The lowest BCUT2D eigenvalue weighted by Crippen LogP contribution is -2.41. The molecule has 2 rings (SSSR count). The molecule has 0 N–H and O–H groups in total. The molecule has 1 amide bonds. The van der Waals surface area contributed by atoms with E-state index in [4.69, 9.17) is 14.0 Å². The van der Waals surface area contributed by atoms with E-state index >= 15 is 0 Å². The van der Waals surface area contributed by atoms with E-state index in [0.29, 0.717) is 0 Å². The van der Waals surface area contributed by atoms with Gasteiger partial charge in [-0.25, -0.2) is 13.6 Å². The zero-order valence-corrected chi connectivity index (χ0v) is 15.6. The maximum Gasteiger partial charge on any atom is 0.463 e. The average molecular weight is 347 g/mol. The highest BCUT2D eigenvalue weighted by Crippen LogP contribution is 2.45. The first-order valence-corrected chi connectivity index (χ1v) is 8.35. The van der Waals surface area contributed by atoms with Crippen molar-refractivity contribution < 1.29 is 27.6 Å². The number of carbonyl (C=O) groups is 1. The second-order valence-corrected chi connectivity index (χ2v) is 8.67. The first kappa shape index (κ1) is 19.4. The Morgan fingerprint density at radius 1 is 1.17 bits per heavy atom. The summed E-state index contributed by atoms with van der Waals surface area (Å²) in [4.78, 5) is 13.6. The summed E-state index contributed by atoms with van der Waals surface area (Å²) in [7, 11) is -0.763. The Morgan fingerprint density at radius 2 is 1.67 bits per heavy atom. The van der Waals surface area contributed by atoms with Crippen molar-refractivity contribution in [3.8, 4) is 0 Å². The number of halogens is 2. The predicted octanol–water partition coefficient (Wildman–Crippen LogP) is 3.58. The molecule has 2 aliphatic rings. The molecule has 138 valence electrons. The molecule has 2 unspecified atom stereocenters. The summed E-state index contributed by atoms with van der Waals surface area (Å²) in [6.07, 6.45) is -3.13. The summed E-state index contributed by atoms with van der Waals surface area (Å²) in [6, 6.07) is 0. The number of hydrogen-bond donors (Lipinski definition) is 0. The summed E-state index contributed by atoms with van der Waals surface area (Å²) < 4.78 is 44.2. The quantitative estimate of drug-likeness (QED) is 0.717. The van der Waals surface area contributed by atoms with Crippen molar-refractivity contribution in [1.82, 2.24) is 4.90 Å². The lowest BCUT2D eigenvalue weighted by Gasteiger charge is -2.32. The molecular formula is C16H28BF2NO4. The molecule has 0 aromatic carbocycles. The van der Waals surface area contributed by atoms with Crippen molar-refractivity contribution in [2.45, 2.75) is 77.5 Å². The van der Waals surface area contributed by atoms with Crippen LogP contribution in [0.2, 0.25) is 5.82 Å². The van der Waals surface area contributed by atoms with Gasteiger partial charge in [0.05, 0.1) is 11.2 Å². The van der Waals surface area contributed by atoms with Crippen molar-refractivity contribution >= 4 is 13.2 Å². The van der Waals surface area contributed by atoms with Crippen LogP contribution >= 0.6 is 0 Å². The Kier molecular flexibility index (Phi) is 4.96. The Bertz CT molecular complexity index is 477. The van der Waals surface area contributed by atoms with Crippen LogP contribution in [0.1, 0.15) is 48.5 Å². The fraction of sp³-hybridized carbons (Fsp3) is 0.938. The standard InChI is InChI=1S/C16H28BF2NO4/c1-14(2,3)22-13(21)20-8-10(12(18)19)11(9-20)17-23-15(4,5)16(6,7)24-17/h10-12H,8-9H2,1-7H3. The number of likely N-dealkylation sites (tertiary alicyclic amines) is 1. The molecule has 0 aliphatic carbocycles. The van der Waals surface area contributed by atoms with E-state index in [1.54, 1.807) is 20.8 Å². The largest absolute Gasteiger partial charge is 0.463 e. The van der Waals surface area contributed by atoms with Crippen LogP contribution in [-0.4, -0.2) is 54.4 Å². The molecule has 2 saturated heterocycles. The summed E-state index contributed by atoms with van der Waals surface area (Å²) in [5.41, 5.74) is -1.85. The first-order valence-electron chi connectivity index (χ1n) is 8.35. The minimum absolute atomic E-state index is 0.0542. The number of alkyl halides is 2. The van der Waals surface area contributed by atoms with Gasteiger partial charge >= 0.3 is 13.2 Å². The van der Waals surface area contributed by atoms with E-state index < -0.39 is 48.2 Å². The van der Waals surface area contributed by atoms with Crippen molar-refractivity contribution in [2.75, 3.05) is 13.1 Å². The third-order valence-corrected chi connectivity index (χ3v) is 5.01. The van der Waals surface area contributed by atoms with Gasteiger partial charge in [0.25, 0.3) is 0 Å². The molecule has 0 saturated carbocycles. The van der Waals surface area contributed by atoms with Crippen LogP contribution in [0.5, 0.6) is 0 Å². The molecule has 2 atom stereocenters. The average Bonchev–Trinajstić information content (AvgIpc) is 2.87. The minimum atomic E-state index is -2.55. The highest BCUT2D eigenvalue weighted by molar-refractivity contribution is 6.47. The Balaban J connectivity index is 2.13. The van der Waals surface area contributed by atoms with E-state index in [0.717, 1.165) is 0 Å². The lowest BCUT2D eigenvalue weighted by atomic mass is 9.66. The second-order valence-electron chi connectivity index (χ2n) is 8.67. The van der Waals surface area contributed by atoms with Gasteiger partial charge in [-0.05, 0) is 48.5 Å². The van der Waals surface area contributed by atoms with Crippen LogP contribution in [0.15, 0.2) is 0 Å². The van der Waals surface area contributed by atoms with Crippen LogP contribution in [0.3, 0.4) is 0 Å². The number of hydrogen-bond acceptors (Lipinski definition) is 4. The summed E-state index contributed by atoms with van der Waals surface area (Å²) in [5.74, 6) is -1.58.